The van der Waals surface area contributed by atoms with Crippen LogP contribution in [0.25, 0.3) is 0 Å². The van der Waals surface area contributed by atoms with Gasteiger partial charge in [0, 0.05) is 13.5 Å². The number of rotatable bonds is 5. The molecule has 1 rings (SSSR count). The van der Waals surface area contributed by atoms with Crippen molar-refractivity contribution in [3.63, 3.8) is 0 Å². The topological polar surface area (TPSA) is 29.5 Å². The first-order valence-corrected chi connectivity index (χ1v) is 5.72. The van der Waals surface area contributed by atoms with Crippen LogP contribution in [0, 0.1) is 6.92 Å². The quantitative estimate of drug-likeness (QED) is 0.830. The molecule has 90 valence electrons. The molecule has 2 heteroatoms. The monoisotopic (exact) mass is 222 g/mol. The summed E-state index contributed by atoms with van der Waals surface area (Å²) in [5, 5.41) is 9.96. The molecule has 16 heavy (non-hydrogen) atoms. The van der Waals surface area contributed by atoms with Gasteiger partial charge in [-0.1, -0.05) is 29.8 Å². The maximum Gasteiger partial charge on any atom is 0.0647 e. The van der Waals surface area contributed by atoms with Crippen molar-refractivity contribution < 1.29 is 9.84 Å². The molecule has 1 aromatic carbocycles. The van der Waals surface area contributed by atoms with Gasteiger partial charge in [-0.2, -0.15) is 0 Å². The zero-order chi connectivity index (χ0) is 12.2. The predicted octanol–water partition coefficient (Wildman–Crippen LogP) is 2.71. The van der Waals surface area contributed by atoms with Crippen molar-refractivity contribution >= 4 is 0 Å². The average molecular weight is 222 g/mol. The highest BCUT2D eigenvalue weighted by atomic mass is 16.5. The van der Waals surface area contributed by atoms with E-state index in [0.717, 1.165) is 0 Å². The smallest absolute Gasteiger partial charge is 0.0647 e. The van der Waals surface area contributed by atoms with Gasteiger partial charge in [0.25, 0.3) is 0 Å². The first kappa shape index (κ1) is 13.2. The number of benzene rings is 1. The number of ether oxygens (including phenoxy) is 1. The second-order valence-corrected chi connectivity index (χ2v) is 5.01. The van der Waals surface area contributed by atoms with Gasteiger partial charge in [-0.3, -0.25) is 0 Å². The highest BCUT2D eigenvalue weighted by Crippen LogP contribution is 2.18. The average Bonchev–Trinajstić information content (AvgIpc) is 2.21. The van der Waals surface area contributed by atoms with E-state index in [4.69, 9.17) is 4.74 Å². The summed E-state index contributed by atoms with van der Waals surface area (Å²) in [6, 6.07) is 8.28. The van der Waals surface area contributed by atoms with Crippen molar-refractivity contribution in [1.82, 2.24) is 0 Å². The van der Waals surface area contributed by atoms with Gasteiger partial charge in [0.05, 0.1) is 11.7 Å². The van der Waals surface area contributed by atoms with Gasteiger partial charge >= 0.3 is 0 Å². The zero-order valence-corrected chi connectivity index (χ0v) is 10.7. The van der Waals surface area contributed by atoms with Crippen molar-refractivity contribution in [3.05, 3.63) is 35.4 Å². The van der Waals surface area contributed by atoms with Crippen molar-refractivity contribution in [1.29, 1.82) is 0 Å². The third kappa shape index (κ3) is 4.33. The first-order chi connectivity index (χ1) is 7.43. The standard InChI is InChI=1S/C14H22O2/c1-11-5-7-12(8-6-11)9-13(15)10-14(2,3)16-4/h5-8,13,15H,9-10H2,1-4H3. The van der Waals surface area contributed by atoms with Crippen LogP contribution in [0.3, 0.4) is 0 Å². The van der Waals surface area contributed by atoms with Crippen LogP contribution in [-0.2, 0) is 11.2 Å². The van der Waals surface area contributed by atoms with E-state index in [2.05, 4.69) is 31.2 Å². The van der Waals surface area contributed by atoms with Crippen LogP contribution in [-0.4, -0.2) is 23.9 Å². The molecule has 0 amide bonds. The lowest BCUT2D eigenvalue weighted by Gasteiger charge is -2.25. The molecular formula is C14H22O2. The Morgan fingerprint density at radius 3 is 2.31 bits per heavy atom. The van der Waals surface area contributed by atoms with Crippen molar-refractivity contribution in [3.8, 4) is 0 Å². The lowest BCUT2D eigenvalue weighted by atomic mass is 9.96. The maximum atomic E-state index is 9.96. The summed E-state index contributed by atoms with van der Waals surface area (Å²) in [7, 11) is 1.68. The fraction of sp³-hybridized carbons (Fsp3) is 0.571. The molecule has 1 unspecified atom stereocenters. The molecule has 0 spiro atoms. The van der Waals surface area contributed by atoms with Crippen LogP contribution >= 0.6 is 0 Å². The Morgan fingerprint density at radius 1 is 1.25 bits per heavy atom. The molecule has 2 nitrogen and oxygen atoms in total. The fourth-order valence-electron chi connectivity index (χ4n) is 1.72. The Hall–Kier alpha value is -0.860. The molecule has 1 atom stereocenters. The van der Waals surface area contributed by atoms with Crippen LogP contribution in [0.4, 0.5) is 0 Å². The molecule has 1 aromatic rings. The van der Waals surface area contributed by atoms with Gasteiger partial charge in [-0.15, -0.1) is 0 Å². The van der Waals surface area contributed by atoms with E-state index in [0.29, 0.717) is 12.8 Å². The molecule has 0 aliphatic rings. The molecule has 0 saturated carbocycles. The van der Waals surface area contributed by atoms with Crippen LogP contribution in [0.2, 0.25) is 0 Å². The summed E-state index contributed by atoms with van der Waals surface area (Å²) in [6.45, 7) is 6.05. The number of hydrogen-bond donors (Lipinski definition) is 1. The fourth-order valence-corrected chi connectivity index (χ4v) is 1.72. The summed E-state index contributed by atoms with van der Waals surface area (Å²) >= 11 is 0. The van der Waals surface area contributed by atoms with Gasteiger partial charge in [-0.05, 0) is 32.8 Å². The molecule has 0 heterocycles. The molecular weight excluding hydrogens is 200 g/mol. The lowest BCUT2D eigenvalue weighted by Crippen LogP contribution is -2.29. The second-order valence-electron chi connectivity index (χ2n) is 5.01. The largest absolute Gasteiger partial charge is 0.393 e. The second kappa shape index (κ2) is 5.46. The molecule has 0 aliphatic heterocycles. The minimum absolute atomic E-state index is 0.260. The number of hydrogen-bond acceptors (Lipinski definition) is 2. The van der Waals surface area contributed by atoms with Crippen LogP contribution in [0.15, 0.2) is 24.3 Å². The van der Waals surface area contributed by atoms with E-state index in [1.807, 2.05) is 13.8 Å². The Kier molecular flexibility index (Phi) is 4.51. The van der Waals surface area contributed by atoms with Gasteiger partial charge in [0.15, 0.2) is 0 Å². The lowest BCUT2D eigenvalue weighted by molar-refractivity contribution is -0.0190. The normalized spacial score (nSPS) is 13.8. The number of aliphatic hydroxyl groups excluding tert-OH is 1. The Morgan fingerprint density at radius 2 is 1.81 bits per heavy atom. The Bertz CT molecular complexity index is 314. The molecule has 1 N–H and O–H groups in total. The van der Waals surface area contributed by atoms with Gasteiger partial charge in [0.2, 0.25) is 0 Å². The third-order valence-corrected chi connectivity index (χ3v) is 2.87. The van der Waals surface area contributed by atoms with Gasteiger partial charge in [-0.25, -0.2) is 0 Å². The van der Waals surface area contributed by atoms with Crippen molar-refractivity contribution in [2.24, 2.45) is 0 Å². The van der Waals surface area contributed by atoms with Gasteiger partial charge < -0.3 is 9.84 Å². The summed E-state index contributed by atoms with van der Waals surface area (Å²) in [5.74, 6) is 0. The van der Waals surface area contributed by atoms with Gasteiger partial charge in [0.1, 0.15) is 0 Å². The number of aryl methyl sites for hydroxylation is 1. The number of methoxy groups -OCH3 is 1. The van der Waals surface area contributed by atoms with Crippen molar-refractivity contribution in [2.75, 3.05) is 7.11 Å². The molecule has 0 radical (unpaired) electrons. The zero-order valence-electron chi connectivity index (χ0n) is 10.7. The molecule has 0 aromatic heterocycles. The van der Waals surface area contributed by atoms with E-state index in [1.54, 1.807) is 7.11 Å². The highest BCUT2D eigenvalue weighted by molar-refractivity contribution is 5.21. The molecule has 0 fully saturated rings. The first-order valence-electron chi connectivity index (χ1n) is 5.72. The third-order valence-electron chi connectivity index (χ3n) is 2.87. The molecule has 0 aliphatic carbocycles. The minimum Gasteiger partial charge on any atom is -0.393 e. The van der Waals surface area contributed by atoms with Crippen LogP contribution in [0.5, 0.6) is 0 Å². The van der Waals surface area contributed by atoms with E-state index >= 15 is 0 Å². The number of aliphatic hydroxyl groups is 1. The summed E-state index contributed by atoms with van der Waals surface area (Å²) in [6.07, 6.45) is 0.988. The molecule has 0 saturated heterocycles. The SMILES string of the molecule is COC(C)(C)CC(O)Cc1ccc(C)cc1. The van der Waals surface area contributed by atoms with E-state index in [9.17, 15) is 5.11 Å². The molecule has 0 bridgehead atoms. The highest BCUT2D eigenvalue weighted by Gasteiger charge is 2.21. The minimum atomic E-state index is -0.349. The maximum absolute atomic E-state index is 9.96. The van der Waals surface area contributed by atoms with Crippen LogP contribution < -0.4 is 0 Å². The Labute approximate surface area is 98.3 Å². The van der Waals surface area contributed by atoms with Crippen molar-refractivity contribution in [2.45, 2.75) is 45.3 Å². The van der Waals surface area contributed by atoms with E-state index in [-0.39, 0.29) is 11.7 Å². The van der Waals surface area contributed by atoms with E-state index < -0.39 is 0 Å². The Balaban J connectivity index is 2.51. The predicted molar refractivity (Wildman–Crippen MR) is 66.6 cm³/mol. The summed E-state index contributed by atoms with van der Waals surface area (Å²) in [4.78, 5) is 0. The van der Waals surface area contributed by atoms with E-state index in [1.165, 1.54) is 11.1 Å². The summed E-state index contributed by atoms with van der Waals surface area (Å²) < 4.78 is 5.31. The van der Waals surface area contributed by atoms with Crippen LogP contribution in [0.1, 0.15) is 31.4 Å². The summed E-state index contributed by atoms with van der Waals surface area (Å²) in [5.41, 5.74) is 2.16.